The largest absolute Gasteiger partial charge is 0.427 e. The van der Waals surface area contributed by atoms with Gasteiger partial charge in [-0.3, -0.25) is 19.2 Å². The monoisotopic (exact) mass is 305 g/mol. The molecule has 0 radical (unpaired) electrons. The van der Waals surface area contributed by atoms with Gasteiger partial charge in [-0.2, -0.15) is 0 Å². The average molecular weight is 305 g/mol. The third-order valence-electron chi connectivity index (χ3n) is 3.07. The van der Waals surface area contributed by atoms with Crippen molar-refractivity contribution in [2.24, 2.45) is 5.92 Å². The van der Waals surface area contributed by atoms with Crippen LogP contribution in [0, 0.1) is 5.92 Å². The molecule has 118 valence electrons. The van der Waals surface area contributed by atoms with Crippen LogP contribution in [0.15, 0.2) is 24.3 Å². The molecule has 6 nitrogen and oxygen atoms in total. The molecule has 1 rings (SSSR count). The second-order valence-electron chi connectivity index (χ2n) is 5.04. The highest BCUT2D eigenvalue weighted by Crippen LogP contribution is 2.26. The Morgan fingerprint density at radius 2 is 1.41 bits per heavy atom. The van der Waals surface area contributed by atoms with Crippen LogP contribution in [0.5, 0.6) is 5.75 Å². The van der Waals surface area contributed by atoms with Gasteiger partial charge in [0.1, 0.15) is 23.2 Å². The van der Waals surface area contributed by atoms with E-state index in [-0.39, 0.29) is 17.5 Å². The van der Waals surface area contributed by atoms with Gasteiger partial charge in [-0.1, -0.05) is 12.1 Å². The maximum atomic E-state index is 11.8. The van der Waals surface area contributed by atoms with Crippen LogP contribution in [0.3, 0.4) is 0 Å². The number of rotatable bonds is 6. The highest BCUT2D eigenvalue weighted by atomic mass is 16.5. The Kier molecular flexibility index (Phi) is 5.98. The second-order valence-corrected chi connectivity index (χ2v) is 5.04. The van der Waals surface area contributed by atoms with Crippen molar-refractivity contribution in [1.29, 1.82) is 0 Å². The van der Waals surface area contributed by atoms with Crippen molar-refractivity contribution in [2.75, 3.05) is 0 Å². The number of ketones is 2. The quantitative estimate of drug-likeness (QED) is 0.489. The fraction of sp³-hybridized carbons (Fsp3) is 0.375. The van der Waals surface area contributed by atoms with E-state index in [0.29, 0.717) is 11.3 Å². The Morgan fingerprint density at radius 3 is 1.77 bits per heavy atom. The zero-order valence-corrected chi connectivity index (χ0v) is 13.0. The molecule has 0 heterocycles. The lowest BCUT2D eigenvalue weighted by molar-refractivity contribution is -0.133. The topological polar surface area (TPSA) is 89.5 Å². The molecule has 1 unspecified atom stereocenters. The minimum atomic E-state index is -0.955. The van der Waals surface area contributed by atoms with E-state index in [4.69, 9.17) is 4.74 Å². The maximum absolute atomic E-state index is 11.8. The Balaban J connectivity index is 3.15. The predicted octanol–water partition coefficient (Wildman–Crippen LogP) is 1.58. The third kappa shape index (κ3) is 4.80. The summed E-state index contributed by atoms with van der Waals surface area (Å²) in [6.07, 6.45) is 0. The van der Waals surface area contributed by atoms with Gasteiger partial charge in [0.05, 0.1) is 6.04 Å². The van der Waals surface area contributed by atoms with E-state index >= 15 is 0 Å². The van der Waals surface area contributed by atoms with Crippen LogP contribution in [-0.2, 0) is 19.2 Å². The van der Waals surface area contributed by atoms with E-state index in [1.165, 1.54) is 27.7 Å². The van der Waals surface area contributed by atoms with Crippen LogP contribution in [-0.4, -0.2) is 23.4 Å². The smallest absolute Gasteiger partial charge is 0.308 e. The number of hydrogen-bond acceptors (Lipinski definition) is 5. The highest BCUT2D eigenvalue weighted by Gasteiger charge is 2.31. The Labute approximate surface area is 128 Å². The van der Waals surface area contributed by atoms with Gasteiger partial charge in [0.25, 0.3) is 0 Å². The summed E-state index contributed by atoms with van der Waals surface area (Å²) in [7, 11) is 0. The van der Waals surface area contributed by atoms with E-state index < -0.39 is 17.9 Å². The van der Waals surface area contributed by atoms with Crippen molar-refractivity contribution < 1.29 is 23.9 Å². The van der Waals surface area contributed by atoms with Gasteiger partial charge in [-0.15, -0.1) is 0 Å². The molecule has 0 fully saturated rings. The fourth-order valence-electron chi connectivity index (χ4n) is 2.24. The van der Waals surface area contributed by atoms with Crippen molar-refractivity contribution in [1.82, 2.24) is 5.32 Å². The zero-order valence-electron chi connectivity index (χ0n) is 13.0. The van der Waals surface area contributed by atoms with Gasteiger partial charge < -0.3 is 10.1 Å². The molecule has 6 heteroatoms. The van der Waals surface area contributed by atoms with Crippen molar-refractivity contribution in [3.05, 3.63) is 29.8 Å². The summed E-state index contributed by atoms with van der Waals surface area (Å²) in [5.41, 5.74) is 0.585. The molecule has 1 aromatic rings. The van der Waals surface area contributed by atoms with Gasteiger partial charge in [0.2, 0.25) is 5.91 Å². The molecule has 0 aliphatic carbocycles. The average Bonchev–Trinajstić information content (AvgIpc) is 2.36. The van der Waals surface area contributed by atoms with E-state index in [0.717, 1.165) is 0 Å². The van der Waals surface area contributed by atoms with Gasteiger partial charge in [-0.25, -0.2) is 0 Å². The molecule has 0 aromatic heterocycles. The lowest BCUT2D eigenvalue weighted by Crippen LogP contribution is -2.38. The molecule has 0 spiro atoms. The molecule has 22 heavy (non-hydrogen) atoms. The van der Waals surface area contributed by atoms with E-state index in [1.807, 2.05) is 0 Å². The lowest BCUT2D eigenvalue weighted by Gasteiger charge is -2.24. The number of carbonyl (C=O) groups is 4. The normalized spacial score (nSPS) is 11.7. The first-order chi connectivity index (χ1) is 10.2. The molecule has 0 aliphatic heterocycles. The Hall–Kier alpha value is -2.50. The van der Waals surface area contributed by atoms with Crippen LogP contribution in [0.1, 0.15) is 39.3 Å². The molecule has 1 aromatic carbocycles. The number of carbonyl (C=O) groups excluding carboxylic acids is 4. The Morgan fingerprint density at radius 1 is 0.909 bits per heavy atom. The molecule has 0 aliphatic rings. The number of Topliss-reactive ketones (excluding diaryl/α,β-unsaturated/α-hetero) is 2. The van der Waals surface area contributed by atoms with E-state index in [1.54, 1.807) is 24.3 Å². The molecular weight excluding hydrogens is 286 g/mol. The predicted molar refractivity (Wildman–Crippen MR) is 79.2 cm³/mol. The zero-order chi connectivity index (χ0) is 16.9. The molecule has 1 atom stereocenters. The molecule has 0 saturated heterocycles. The molecular formula is C16H19NO5. The van der Waals surface area contributed by atoms with Crippen LogP contribution < -0.4 is 10.1 Å². The van der Waals surface area contributed by atoms with Crippen molar-refractivity contribution in [3.8, 4) is 5.75 Å². The maximum Gasteiger partial charge on any atom is 0.308 e. The van der Waals surface area contributed by atoms with Crippen LogP contribution in [0.4, 0.5) is 0 Å². The summed E-state index contributed by atoms with van der Waals surface area (Å²) in [6.45, 7) is 5.23. The SMILES string of the molecule is CC(=O)NC(c1ccc(OC(C)=O)cc1)C(C(C)=O)C(C)=O. The molecule has 1 N–H and O–H groups in total. The first-order valence-corrected chi connectivity index (χ1v) is 6.78. The number of nitrogens with one attached hydrogen (secondary N) is 1. The van der Waals surface area contributed by atoms with E-state index in [2.05, 4.69) is 5.32 Å². The highest BCUT2D eigenvalue weighted by molar-refractivity contribution is 6.01. The van der Waals surface area contributed by atoms with Gasteiger partial charge >= 0.3 is 5.97 Å². The first-order valence-electron chi connectivity index (χ1n) is 6.78. The van der Waals surface area contributed by atoms with Gasteiger partial charge in [0.15, 0.2) is 0 Å². The number of ether oxygens (including phenoxy) is 1. The molecule has 1 amide bonds. The fourth-order valence-corrected chi connectivity index (χ4v) is 2.24. The summed E-state index contributed by atoms with van der Waals surface area (Å²) in [5.74, 6) is -2.05. The minimum Gasteiger partial charge on any atom is -0.427 e. The summed E-state index contributed by atoms with van der Waals surface area (Å²) >= 11 is 0. The van der Waals surface area contributed by atoms with Crippen LogP contribution in [0.25, 0.3) is 0 Å². The number of amides is 1. The standard InChI is InChI=1S/C16H19NO5/c1-9(18)15(10(2)19)16(17-11(3)20)13-5-7-14(8-6-13)22-12(4)21/h5-8,15-16H,1-4H3,(H,17,20). The van der Waals surface area contributed by atoms with Crippen molar-refractivity contribution >= 4 is 23.4 Å². The lowest BCUT2D eigenvalue weighted by atomic mass is 9.87. The summed E-state index contributed by atoms with van der Waals surface area (Å²) in [6, 6.07) is 5.56. The summed E-state index contributed by atoms with van der Waals surface area (Å²) in [4.78, 5) is 45.8. The number of benzene rings is 1. The van der Waals surface area contributed by atoms with Crippen LogP contribution in [0.2, 0.25) is 0 Å². The number of hydrogen-bond donors (Lipinski definition) is 1. The van der Waals surface area contributed by atoms with Gasteiger partial charge in [0, 0.05) is 13.8 Å². The Bertz CT molecular complexity index is 577. The van der Waals surface area contributed by atoms with Gasteiger partial charge in [-0.05, 0) is 31.5 Å². The van der Waals surface area contributed by atoms with E-state index in [9.17, 15) is 19.2 Å². The molecule has 0 bridgehead atoms. The minimum absolute atomic E-state index is 0.324. The third-order valence-corrected chi connectivity index (χ3v) is 3.07. The number of esters is 1. The summed E-state index contributed by atoms with van der Waals surface area (Å²) in [5, 5.41) is 2.63. The van der Waals surface area contributed by atoms with Crippen molar-refractivity contribution in [2.45, 2.75) is 33.7 Å². The summed E-state index contributed by atoms with van der Waals surface area (Å²) < 4.78 is 4.93. The second kappa shape index (κ2) is 7.49. The van der Waals surface area contributed by atoms with Crippen molar-refractivity contribution in [3.63, 3.8) is 0 Å². The molecule has 0 saturated carbocycles. The van der Waals surface area contributed by atoms with Crippen LogP contribution >= 0.6 is 0 Å². The first kappa shape index (κ1) is 17.6.